The summed E-state index contributed by atoms with van der Waals surface area (Å²) in [7, 11) is -4.55. The van der Waals surface area contributed by atoms with E-state index in [9.17, 15) is 26.9 Å². The first-order valence-corrected chi connectivity index (χ1v) is 10.0. The molecule has 0 bridgehead atoms. The molecule has 148 valence electrons. The number of nitrogens with zero attached hydrogens (tertiary/aromatic N) is 1. The van der Waals surface area contributed by atoms with Gasteiger partial charge in [0, 0.05) is 5.02 Å². The van der Waals surface area contributed by atoms with Gasteiger partial charge in [-0.15, -0.1) is 0 Å². The normalized spacial score (nSPS) is 12.2. The number of halogens is 4. The van der Waals surface area contributed by atoms with Gasteiger partial charge in [0.05, 0.1) is 17.7 Å². The number of hydrogen-bond acceptors (Lipinski definition) is 3. The Kier molecular flexibility index (Phi) is 5.82. The molecule has 0 heterocycles. The van der Waals surface area contributed by atoms with E-state index in [-0.39, 0.29) is 10.7 Å². The van der Waals surface area contributed by atoms with Crippen molar-refractivity contribution in [3.8, 4) is 6.07 Å². The minimum atomic E-state index is -4.55. The van der Waals surface area contributed by atoms with Crippen molar-refractivity contribution in [3.63, 3.8) is 0 Å². The monoisotopic (exact) mass is 436 g/mol. The maximum absolute atomic E-state index is 13.8. The van der Waals surface area contributed by atoms with Crippen LogP contribution >= 0.6 is 11.6 Å². The van der Waals surface area contributed by atoms with E-state index in [1.165, 1.54) is 18.2 Å². The molecular formula is C20H12ClF3N2O2S. The molecule has 0 fully saturated rings. The lowest BCUT2D eigenvalue weighted by Crippen LogP contribution is -2.16. The molecule has 1 atom stereocenters. The zero-order chi connectivity index (χ0) is 21.2. The summed E-state index contributed by atoms with van der Waals surface area (Å²) < 4.78 is 67.0. The minimum Gasteiger partial charge on any atom is -0.279 e. The highest BCUT2D eigenvalue weighted by molar-refractivity contribution is 7.92. The molecule has 0 unspecified atom stereocenters. The van der Waals surface area contributed by atoms with Crippen LogP contribution in [0.3, 0.4) is 0 Å². The number of anilines is 1. The van der Waals surface area contributed by atoms with Gasteiger partial charge in [-0.3, -0.25) is 4.72 Å². The Bertz CT molecular complexity index is 1210. The molecule has 3 aromatic carbocycles. The summed E-state index contributed by atoms with van der Waals surface area (Å²) in [5.41, 5.74) is 1.11. The van der Waals surface area contributed by atoms with Crippen LogP contribution in [0.4, 0.5) is 18.9 Å². The van der Waals surface area contributed by atoms with Gasteiger partial charge in [0.15, 0.2) is 17.5 Å². The smallest absolute Gasteiger partial charge is 0.264 e. The summed E-state index contributed by atoms with van der Waals surface area (Å²) in [5.74, 6) is -5.90. The van der Waals surface area contributed by atoms with Gasteiger partial charge in [0.25, 0.3) is 10.0 Å². The van der Waals surface area contributed by atoms with Crippen LogP contribution in [0.2, 0.25) is 5.02 Å². The first-order chi connectivity index (χ1) is 13.7. The van der Waals surface area contributed by atoms with Crippen molar-refractivity contribution in [1.29, 1.82) is 5.26 Å². The fraction of sp³-hybridized carbons (Fsp3) is 0.0500. The van der Waals surface area contributed by atoms with E-state index < -0.39 is 38.3 Å². The molecule has 0 saturated heterocycles. The maximum atomic E-state index is 13.8. The molecule has 0 aliphatic heterocycles. The van der Waals surface area contributed by atoms with Crippen LogP contribution in [0.25, 0.3) is 0 Å². The van der Waals surface area contributed by atoms with Gasteiger partial charge in [-0.25, -0.2) is 21.6 Å². The van der Waals surface area contributed by atoms with Gasteiger partial charge in [-0.1, -0.05) is 48.0 Å². The van der Waals surface area contributed by atoms with Crippen LogP contribution in [-0.4, -0.2) is 8.42 Å². The number of rotatable bonds is 5. The SMILES string of the molecule is N#C[C@H](c1ccccc1)c1ccc(NS(=O)(=O)c2ccc(F)c(F)c2F)cc1Cl. The highest BCUT2D eigenvalue weighted by Gasteiger charge is 2.25. The quantitative estimate of drug-likeness (QED) is 0.558. The Balaban J connectivity index is 1.93. The summed E-state index contributed by atoms with van der Waals surface area (Å²) in [6, 6.07) is 16.2. The average molecular weight is 437 g/mol. The number of nitriles is 1. The molecule has 4 nitrogen and oxygen atoms in total. The molecule has 0 spiro atoms. The average Bonchev–Trinajstić information content (AvgIpc) is 2.68. The lowest BCUT2D eigenvalue weighted by molar-refractivity contribution is 0.432. The number of benzene rings is 3. The molecule has 0 aromatic heterocycles. The summed E-state index contributed by atoms with van der Waals surface area (Å²) in [6.07, 6.45) is 0. The first-order valence-electron chi connectivity index (χ1n) is 8.15. The minimum absolute atomic E-state index is 0.0346. The number of nitrogens with one attached hydrogen (secondary N) is 1. The molecule has 29 heavy (non-hydrogen) atoms. The van der Waals surface area contributed by atoms with E-state index >= 15 is 0 Å². The molecule has 9 heteroatoms. The second kappa shape index (κ2) is 8.15. The van der Waals surface area contributed by atoms with Crippen LogP contribution in [0, 0.1) is 28.8 Å². The van der Waals surface area contributed by atoms with E-state index in [4.69, 9.17) is 11.6 Å². The van der Waals surface area contributed by atoms with Crippen LogP contribution in [0.15, 0.2) is 65.6 Å². The van der Waals surface area contributed by atoms with Crippen LogP contribution in [0.5, 0.6) is 0 Å². The predicted molar refractivity (Wildman–Crippen MR) is 102 cm³/mol. The molecule has 1 N–H and O–H groups in total. The zero-order valence-electron chi connectivity index (χ0n) is 14.5. The van der Waals surface area contributed by atoms with E-state index in [2.05, 4.69) is 10.8 Å². The molecule has 0 aliphatic rings. The maximum Gasteiger partial charge on any atom is 0.264 e. The van der Waals surface area contributed by atoms with Crippen LogP contribution in [-0.2, 0) is 10.0 Å². The fourth-order valence-corrected chi connectivity index (χ4v) is 4.13. The summed E-state index contributed by atoms with van der Waals surface area (Å²) in [5, 5.41) is 9.62. The van der Waals surface area contributed by atoms with Gasteiger partial charge in [0.1, 0.15) is 4.90 Å². The second-order valence-electron chi connectivity index (χ2n) is 5.99. The Labute approximate surface area is 170 Å². The third kappa shape index (κ3) is 4.21. The summed E-state index contributed by atoms with van der Waals surface area (Å²) >= 11 is 6.24. The number of hydrogen-bond donors (Lipinski definition) is 1. The van der Waals surface area contributed by atoms with E-state index in [1.807, 2.05) is 0 Å². The van der Waals surface area contributed by atoms with E-state index in [0.717, 1.165) is 0 Å². The molecule has 3 rings (SSSR count). The van der Waals surface area contributed by atoms with Crippen molar-refractivity contribution in [1.82, 2.24) is 0 Å². The van der Waals surface area contributed by atoms with Crippen LogP contribution in [0.1, 0.15) is 17.0 Å². The third-order valence-corrected chi connectivity index (χ3v) is 5.84. The Hall–Kier alpha value is -3.02. The second-order valence-corrected chi connectivity index (χ2v) is 8.05. The van der Waals surface area contributed by atoms with Gasteiger partial charge in [-0.2, -0.15) is 5.26 Å². The molecule has 0 saturated carbocycles. The summed E-state index contributed by atoms with van der Waals surface area (Å²) in [4.78, 5) is -1.05. The largest absolute Gasteiger partial charge is 0.279 e. The molecular weight excluding hydrogens is 425 g/mol. The van der Waals surface area contributed by atoms with Crippen molar-refractivity contribution >= 4 is 27.3 Å². The van der Waals surface area contributed by atoms with E-state index in [0.29, 0.717) is 23.3 Å². The van der Waals surface area contributed by atoms with E-state index in [1.54, 1.807) is 30.3 Å². The van der Waals surface area contributed by atoms with Crippen molar-refractivity contribution < 1.29 is 21.6 Å². The molecule has 0 aliphatic carbocycles. The predicted octanol–water partition coefficient (Wildman–Crippen LogP) is 5.21. The van der Waals surface area contributed by atoms with Gasteiger partial charge < -0.3 is 0 Å². The standard InChI is InChI=1S/C20H12ClF3N2O2S/c21-16-10-13(6-7-14(16)15(11-25)12-4-2-1-3-5-12)26-29(27,28)18-9-8-17(22)19(23)20(18)24/h1-10,15,26H/t15-/m1/s1. The van der Waals surface area contributed by atoms with Gasteiger partial charge in [0.2, 0.25) is 0 Å². The van der Waals surface area contributed by atoms with Gasteiger partial charge >= 0.3 is 0 Å². The molecule has 3 aromatic rings. The van der Waals surface area contributed by atoms with Crippen molar-refractivity contribution in [2.45, 2.75) is 10.8 Å². The van der Waals surface area contributed by atoms with Crippen molar-refractivity contribution in [3.05, 3.63) is 94.3 Å². The van der Waals surface area contributed by atoms with Gasteiger partial charge in [-0.05, 0) is 35.4 Å². The third-order valence-electron chi connectivity index (χ3n) is 4.11. The summed E-state index contributed by atoms with van der Waals surface area (Å²) in [6.45, 7) is 0. The fourth-order valence-electron chi connectivity index (χ4n) is 2.72. The first kappa shape index (κ1) is 20.7. The lowest BCUT2D eigenvalue weighted by Gasteiger charge is -2.14. The van der Waals surface area contributed by atoms with Crippen molar-refractivity contribution in [2.75, 3.05) is 4.72 Å². The Morgan fingerprint density at radius 3 is 2.28 bits per heavy atom. The molecule has 0 amide bonds. The molecule has 0 radical (unpaired) electrons. The lowest BCUT2D eigenvalue weighted by atomic mass is 9.92. The number of sulfonamides is 1. The Morgan fingerprint density at radius 2 is 1.66 bits per heavy atom. The zero-order valence-corrected chi connectivity index (χ0v) is 16.1. The highest BCUT2D eigenvalue weighted by atomic mass is 35.5. The highest BCUT2D eigenvalue weighted by Crippen LogP contribution is 2.32. The van der Waals surface area contributed by atoms with Crippen molar-refractivity contribution in [2.24, 2.45) is 0 Å². The topological polar surface area (TPSA) is 70.0 Å². The van der Waals surface area contributed by atoms with Crippen LogP contribution < -0.4 is 4.72 Å². The Morgan fingerprint density at radius 1 is 0.966 bits per heavy atom.